The molecule has 0 fully saturated rings. The van der Waals surface area contributed by atoms with Gasteiger partial charge in [-0.2, -0.15) is 5.10 Å². The standard InChI is InChI=1S/C15H15ClN2O2S/c1-10-5-6-21-14(10)8-17-18-15(19)9-20-13-4-3-12(16)7-11(13)2/h3-8H,9H2,1-2H3,(H,18,19). The van der Waals surface area contributed by atoms with Crippen LogP contribution in [-0.2, 0) is 4.79 Å². The van der Waals surface area contributed by atoms with Gasteiger partial charge in [0.25, 0.3) is 5.91 Å². The molecule has 0 radical (unpaired) electrons. The monoisotopic (exact) mass is 322 g/mol. The maximum absolute atomic E-state index is 11.6. The first-order valence-corrected chi connectivity index (χ1v) is 7.57. The fourth-order valence-corrected chi connectivity index (χ4v) is 2.64. The van der Waals surface area contributed by atoms with Crippen molar-refractivity contribution in [1.29, 1.82) is 0 Å². The number of halogens is 1. The van der Waals surface area contributed by atoms with Crippen molar-refractivity contribution in [3.05, 3.63) is 50.7 Å². The van der Waals surface area contributed by atoms with Crippen LogP contribution in [-0.4, -0.2) is 18.7 Å². The summed E-state index contributed by atoms with van der Waals surface area (Å²) in [7, 11) is 0. The molecule has 0 aliphatic rings. The molecule has 0 aliphatic heterocycles. The van der Waals surface area contributed by atoms with Crippen LogP contribution in [0.15, 0.2) is 34.7 Å². The quantitative estimate of drug-likeness (QED) is 0.676. The molecule has 1 aromatic carbocycles. The van der Waals surface area contributed by atoms with Crippen LogP contribution in [0.5, 0.6) is 5.75 Å². The fraction of sp³-hybridized carbons (Fsp3) is 0.200. The number of thiophene rings is 1. The summed E-state index contributed by atoms with van der Waals surface area (Å²) in [5, 5.41) is 6.52. The van der Waals surface area contributed by atoms with Crippen molar-refractivity contribution in [2.45, 2.75) is 13.8 Å². The third-order valence-corrected chi connectivity index (χ3v) is 3.96. The van der Waals surface area contributed by atoms with Gasteiger partial charge in [0, 0.05) is 9.90 Å². The van der Waals surface area contributed by atoms with Crippen LogP contribution in [0.3, 0.4) is 0 Å². The fourth-order valence-electron chi connectivity index (χ4n) is 1.63. The Balaban J connectivity index is 1.82. The van der Waals surface area contributed by atoms with E-state index in [1.165, 1.54) is 0 Å². The number of rotatable bonds is 5. The van der Waals surface area contributed by atoms with Crippen molar-refractivity contribution >= 4 is 35.1 Å². The molecule has 0 bridgehead atoms. The minimum Gasteiger partial charge on any atom is -0.483 e. The zero-order valence-corrected chi connectivity index (χ0v) is 13.3. The lowest BCUT2D eigenvalue weighted by molar-refractivity contribution is -0.123. The second-order valence-electron chi connectivity index (χ2n) is 4.46. The highest BCUT2D eigenvalue weighted by Crippen LogP contribution is 2.21. The highest BCUT2D eigenvalue weighted by molar-refractivity contribution is 7.11. The van der Waals surface area contributed by atoms with Crippen LogP contribution in [0.4, 0.5) is 0 Å². The van der Waals surface area contributed by atoms with Crippen molar-refractivity contribution in [1.82, 2.24) is 5.43 Å². The molecule has 0 saturated heterocycles. The lowest BCUT2D eigenvalue weighted by Crippen LogP contribution is -2.24. The summed E-state index contributed by atoms with van der Waals surface area (Å²) in [6.07, 6.45) is 1.63. The molecule has 1 amide bonds. The van der Waals surface area contributed by atoms with Crippen molar-refractivity contribution in [3.63, 3.8) is 0 Å². The average Bonchev–Trinajstić information content (AvgIpc) is 2.83. The number of hydrazone groups is 1. The van der Waals surface area contributed by atoms with Gasteiger partial charge in [0.05, 0.1) is 6.21 Å². The topological polar surface area (TPSA) is 50.7 Å². The predicted octanol–water partition coefficient (Wildman–Crippen LogP) is 3.55. The zero-order valence-electron chi connectivity index (χ0n) is 11.7. The van der Waals surface area contributed by atoms with Gasteiger partial charge in [-0.05, 0) is 54.6 Å². The summed E-state index contributed by atoms with van der Waals surface area (Å²) >= 11 is 7.43. The van der Waals surface area contributed by atoms with Crippen LogP contribution in [0.2, 0.25) is 5.02 Å². The maximum atomic E-state index is 11.6. The first kappa shape index (κ1) is 15.5. The van der Waals surface area contributed by atoms with E-state index < -0.39 is 0 Å². The smallest absolute Gasteiger partial charge is 0.277 e. The van der Waals surface area contributed by atoms with Crippen molar-refractivity contribution in [2.24, 2.45) is 5.10 Å². The highest BCUT2D eigenvalue weighted by Gasteiger charge is 2.04. The number of amides is 1. The third kappa shape index (κ3) is 4.58. The van der Waals surface area contributed by atoms with Crippen LogP contribution < -0.4 is 10.2 Å². The second-order valence-corrected chi connectivity index (χ2v) is 5.84. The molecule has 21 heavy (non-hydrogen) atoms. The Kier molecular flexibility index (Phi) is 5.36. The zero-order chi connectivity index (χ0) is 15.2. The highest BCUT2D eigenvalue weighted by atomic mass is 35.5. The minimum absolute atomic E-state index is 0.0940. The van der Waals surface area contributed by atoms with Gasteiger partial charge in [-0.15, -0.1) is 11.3 Å². The Morgan fingerprint density at radius 2 is 2.19 bits per heavy atom. The van der Waals surface area contributed by atoms with E-state index in [1.807, 2.05) is 25.3 Å². The molecule has 6 heteroatoms. The number of benzene rings is 1. The average molecular weight is 323 g/mol. The van der Waals surface area contributed by atoms with Crippen LogP contribution in [0, 0.1) is 13.8 Å². The molecule has 0 aliphatic carbocycles. The molecule has 2 rings (SSSR count). The van der Waals surface area contributed by atoms with Gasteiger partial charge in [-0.3, -0.25) is 4.79 Å². The first-order valence-electron chi connectivity index (χ1n) is 6.31. The van der Waals surface area contributed by atoms with E-state index in [1.54, 1.807) is 35.8 Å². The molecule has 4 nitrogen and oxygen atoms in total. The molecule has 110 valence electrons. The number of aryl methyl sites for hydroxylation is 2. The Hall–Kier alpha value is -1.85. The third-order valence-electron chi connectivity index (χ3n) is 2.77. The van der Waals surface area contributed by atoms with Gasteiger partial charge in [0.15, 0.2) is 6.61 Å². The summed E-state index contributed by atoms with van der Waals surface area (Å²) in [6.45, 7) is 3.77. The number of nitrogens with zero attached hydrogens (tertiary/aromatic N) is 1. The van der Waals surface area contributed by atoms with E-state index in [9.17, 15) is 4.79 Å². The second kappa shape index (κ2) is 7.24. The van der Waals surface area contributed by atoms with Gasteiger partial charge in [-0.25, -0.2) is 5.43 Å². The Morgan fingerprint density at radius 3 is 2.86 bits per heavy atom. The van der Waals surface area contributed by atoms with Crippen LogP contribution in [0.25, 0.3) is 0 Å². The normalized spacial score (nSPS) is 10.8. The van der Waals surface area contributed by atoms with Gasteiger partial charge in [0.1, 0.15) is 5.75 Å². The molecule has 1 heterocycles. The van der Waals surface area contributed by atoms with E-state index in [0.29, 0.717) is 10.8 Å². The van der Waals surface area contributed by atoms with E-state index in [-0.39, 0.29) is 12.5 Å². The van der Waals surface area contributed by atoms with E-state index in [0.717, 1.165) is 16.0 Å². The summed E-state index contributed by atoms with van der Waals surface area (Å²) in [6, 6.07) is 7.25. The summed E-state index contributed by atoms with van der Waals surface area (Å²) in [5.74, 6) is 0.322. The molecular weight excluding hydrogens is 308 g/mol. The van der Waals surface area contributed by atoms with Crippen LogP contribution in [0.1, 0.15) is 16.0 Å². The lowest BCUT2D eigenvalue weighted by atomic mass is 10.2. The number of hydrogen-bond acceptors (Lipinski definition) is 4. The lowest BCUT2D eigenvalue weighted by Gasteiger charge is -2.08. The van der Waals surface area contributed by atoms with Gasteiger partial charge in [0.2, 0.25) is 0 Å². The summed E-state index contributed by atoms with van der Waals surface area (Å²) in [4.78, 5) is 12.7. The van der Waals surface area contributed by atoms with E-state index in [4.69, 9.17) is 16.3 Å². The SMILES string of the molecule is Cc1cc(Cl)ccc1OCC(=O)NN=Cc1sccc1C. The number of nitrogens with one attached hydrogen (secondary N) is 1. The van der Waals surface area contributed by atoms with Crippen molar-refractivity contribution < 1.29 is 9.53 Å². The molecule has 0 saturated carbocycles. The first-order chi connectivity index (χ1) is 10.1. The molecule has 1 N–H and O–H groups in total. The number of hydrogen-bond donors (Lipinski definition) is 1. The molecular formula is C15H15ClN2O2S. The van der Waals surface area contributed by atoms with Gasteiger partial charge >= 0.3 is 0 Å². The van der Waals surface area contributed by atoms with Gasteiger partial charge < -0.3 is 4.74 Å². The van der Waals surface area contributed by atoms with E-state index in [2.05, 4.69) is 10.5 Å². The molecule has 0 atom stereocenters. The number of carbonyl (C=O) groups is 1. The molecule has 1 aromatic heterocycles. The van der Waals surface area contributed by atoms with Crippen LogP contribution >= 0.6 is 22.9 Å². The summed E-state index contributed by atoms with van der Waals surface area (Å²) in [5.41, 5.74) is 4.45. The predicted molar refractivity (Wildman–Crippen MR) is 86.5 cm³/mol. The molecule has 0 unspecified atom stereocenters. The van der Waals surface area contributed by atoms with Crippen molar-refractivity contribution in [3.8, 4) is 5.75 Å². The largest absolute Gasteiger partial charge is 0.483 e. The summed E-state index contributed by atoms with van der Waals surface area (Å²) < 4.78 is 5.42. The van der Waals surface area contributed by atoms with Crippen molar-refractivity contribution in [2.75, 3.05) is 6.61 Å². The van der Waals surface area contributed by atoms with E-state index >= 15 is 0 Å². The molecule has 2 aromatic rings. The molecule has 0 spiro atoms. The Labute approximate surface area is 132 Å². The maximum Gasteiger partial charge on any atom is 0.277 e. The minimum atomic E-state index is -0.310. The number of ether oxygens (including phenoxy) is 1. The number of carbonyl (C=O) groups excluding carboxylic acids is 1. The Bertz CT molecular complexity index is 667. The Morgan fingerprint density at radius 1 is 1.38 bits per heavy atom. The van der Waals surface area contributed by atoms with Gasteiger partial charge in [-0.1, -0.05) is 11.6 Å².